The largest absolute Gasteiger partial charge is 0.382 e. The molecule has 3 aliphatic heterocycles. The number of fused-ring (bicyclic) bond motifs is 2. The summed E-state index contributed by atoms with van der Waals surface area (Å²) in [4.78, 5) is 48.4. The lowest BCUT2D eigenvalue weighted by atomic mass is 9.92. The molecule has 0 spiro atoms. The average molecular weight is 646 g/mol. The Hall–Kier alpha value is -4.78. The fraction of sp³-hybridized carbons (Fsp3) is 0.375. The number of hydrogen-bond donors (Lipinski definition) is 3. The van der Waals surface area contributed by atoms with Crippen LogP contribution in [-0.2, 0) is 27.9 Å². The molecule has 4 aromatic rings. The molecule has 46 heavy (non-hydrogen) atoms. The van der Waals surface area contributed by atoms with Crippen LogP contribution in [0.4, 0.5) is 33.2 Å². The number of likely N-dealkylation sites (N-methyl/N-ethyl adjacent to an activating group) is 1. The Kier molecular flexibility index (Phi) is 7.50. The number of aromatic nitrogens is 4. The van der Waals surface area contributed by atoms with Crippen LogP contribution < -0.4 is 25.8 Å². The van der Waals surface area contributed by atoms with E-state index >= 15 is 0 Å². The predicted octanol–water partition coefficient (Wildman–Crippen LogP) is 4.27. The lowest BCUT2D eigenvalue weighted by Crippen LogP contribution is -2.46. The Balaban J connectivity index is 1.04. The van der Waals surface area contributed by atoms with Gasteiger partial charge in [-0.1, -0.05) is 18.5 Å². The minimum absolute atomic E-state index is 0.0176. The van der Waals surface area contributed by atoms with Crippen molar-refractivity contribution in [1.29, 1.82) is 0 Å². The number of hydrogen-bond acceptors (Lipinski definition) is 9. The summed E-state index contributed by atoms with van der Waals surface area (Å²) in [7, 11) is 3.59. The van der Waals surface area contributed by atoms with Crippen LogP contribution in [-0.4, -0.2) is 63.6 Å². The lowest BCUT2D eigenvalue weighted by Gasteiger charge is -2.38. The van der Waals surface area contributed by atoms with Crippen molar-refractivity contribution in [2.75, 3.05) is 40.6 Å². The summed E-state index contributed by atoms with van der Waals surface area (Å²) in [6.45, 7) is 3.32. The van der Waals surface area contributed by atoms with Crippen molar-refractivity contribution in [3.63, 3.8) is 0 Å². The molecule has 0 bridgehead atoms. The maximum Gasteiger partial charge on any atom is 0.238 e. The number of imide groups is 1. The monoisotopic (exact) mass is 645 g/mol. The normalized spacial score (nSPS) is 21.5. The zero-order chi connectivity index (χ0) is 32.3. The van der Waals surface area contributed by atoms with E-state index in [1.807, 2.05) is 48.3 Å². The van der Waals surface area contributed by atoms with E-state index in [-0.39, 0.29) is 46.5 Å². The third-order valence-electron chi connectivity index (χ3n) is 9.21. The van der Waals surface area contributed by atoms with Crippen molar-refractivity contribution in [3.8, 4) is 0 Å². The Morgan fingerprint density at radius 2 is 1.85 bits per heavy atom. The van der Waals surface area contributed by atoms with Crippen LogP contribution in [0.25, 0.3) is 10.9 Å². The second-order valence-corrected chi connectivity index (χ2v) is 12.7. The van der Waals surface area contributed by atoms with Crippen LogP contribution in [0.15, 0.2) is 36.4 Å². The molecule has 14 heteroatoms. The number of anilines is 5. The molecule has 0 saturated carbocycles. The van der Waals surface area contributed by atoms with E-state index < -0.39 is 11.9 Å². The Morgan fingerprint density at radius 3 is 2.63 bits per heavy atom. The number of carbonyl (C=O) groups excluding carboxylic acids is 3. The average Bonchev–Trinajstić information content (AvgIpc) is 3.50. The van der Waals surface area contributed by atoms with Crippen LogP contribution >= 0.6 is 11.6 Å². The van der Waals surface area contributed by atoms with Gasteiger partial charge in [-0.15, -0.1) is 0 Å². The summed E-state index contributed by atoms with van der Waals surface area (Å²) < 4.78 is 16.7. The van der Waals surface area contributed by atoms with Gasteiger partial charge < -0.3 is 20.4 Å². The summed E-state index contributed by atoms with van der Waals surface area (Å²) in [5, 5.41) is 14.5. The van der Waals surface area contributed by atoms with E-state index in [9.17, 15) is 18.8 Å². The number of rotatable bonds is 6. The first kappa shape index (κ1) is 29.9. The first-order valence-electron chi connectivity index (χ1n) is 15.3. The molecule has 2 saturated heterocycles. The number of halogens is 2. The minimum atomic E-state index is -0.806. The molecule has 2 fully saturated rings. The van der Waals surface area contributed by atoms with Crippen LogP contribution in [0, 0.1) is 11.9 Å². The third-order valence-corrected chi connectivity index (χ3v) is 9.54. The molecule has 5 heterocycles. The molecule has 12 nitrogen and oxygen atoms in total. The topological polar surface area (TPSA) is 137 Å². The van der Waals surface area contributed by atoms with Crippen LogP contribution in [0.2, 0.25) is 5.02 Å². The van der Waals surface area contributed by atoms with Crippen molar-refractivity contribution >= 4 is 69.1 Å². The molecule has 0 aliphatic carbocycles. The highest BCUT2D eigenvalue weighted by molar-refractivity contribution is 6.33. The fourth-order valence-corrected chi connectivity index (χ4v) is 6.79. The van der Waals surface area contributed by atoms with Gasteiger partial charge in [-0.05, 0) is 60.7 Å². The van der Waals surface area contributed by atoms with Crippen molar-refractivity contribution < 1.29 is 18.8 Å². The number of nitrogens with one attached hydrogen (secondary N) is 3. The molecule has 2 aromatic heterocycles. The van der Waals surface area contributed by atoms with Gasteiger partial charge in [0.05, 0.1) is 23.5 Å². The second-order valence-electron chi connectivity index (χ2n) is 12.3. The van der Waals surface area contributed by atoms with E-state index in [2.05, 4.69) is 37.9 Å². The fourth-order valence-electron chi connectivity index (χ4n) is 6.66. The van der Waals surface area contributed by atoms with Crippen molar-refractivity contribution in [2.24, 2.45) is 13.0 Å². The van der Waals surface area contributed by atoms with Crippen molar-refractivity contribution in [2.45, 2.75) is 44.6 Å². The second kappa shape index (κ2) is 11.5. The summed E-state index contributed by atoms with van der Waals surface area (Å²) in [5.74, 6) is -1.22. The van der Waals surface area contributed by atoms with Crippen LogP contribution in [0.5, 0.6) is 0 Å². The maximum atomic E-state index is 14.9. The van der Waals surface area contributed by atoms with Gasteiger partial charge in [0.15, 0.2) is 5.82 Å². The molecule has 1 unspecified atom stereocenters. The van der Waals surface area contributed by atoms with E-state index in [1.54, 1.807) is 16.6 Å². The van der Waals surface area contributed by atoms with E-state index in [4.69, 9.17) is 11.6 Å². The number of amides is 3. The van der Waals surface area contributed by atoms with Gasteiger partial charge in [-0.25, -0.2) is 0 Å². The minimum Gasteiger partial charge on any atom is -0.382 e. The Labute approximate surface area is 269 Å². The van der Waals surface area contributed by atoms with Gasteiger partial charge in [0, 0.05) is 62.1 Å². The summed E-state index contributed by atoms with van der Waals surface area (Å²) in [5.41, 5.74) is 4.88. The SMILES string of the molecule is C[C@@H]1CN(c2nc(F)c(Cl)c(Nc3ccc4c(c3)CC(=O)N4C)n2)CC[C@H]1Nc1ccc2c(C3CCC(=O)NC3=O)nn(C)c2c1. The molecule has 238 valence electrons. The molecule has 7 rings (SSSR count). The van der Waals surface area contributed by atoms with Crippen LogP contribution in [0.3, 0.4) is 0 Å². The molecule has 2 aromatic carbocycles. The first-order valence-corrected chi connectivity index (χ1v) is 15.6. The highest BCUT2D eigenvalue weighted by Gasteiger charge is 2.33. The Bertz CT molecular complexity index is 1910. The Morgan fingerprint density at radius 1 is 1.04 bits per heavy atom. The highest BCUT2D eigenvalue weighted by Crippen LogP contribution is 2.35. The molecule has 3 aliphatic rings. The standard InChI is InChI=1S/C32H33ClFN9O3/c1-16-15-43(32-38-29(34)27(33)30(39-32)36-18-5-8-23-17(12-18)13-26(45)41(23)2)11-10-22(16)35-19-4-6-20-24(14-19)42(3)40-28(20)21-7-9-25(44)37-31(21)46/h4-6,8,12,14,16,21-22,35H,7,9-11,13,15H2,1-3H3,(H,36,38,39)(H,37,44,46)/t16-,21?,22-/m1/s1. The zero-order valence-corrected chi connectivity index (χ0v) is 26.4. The van der Waals surface area contributed by atoms with Gasteiger partial charge in [0.1, 0.15) is 5.02 Å². The summed E-state index contributed by atoms with van der Waals surface area (Å²) in [6.07, 6.45) is 1.80. The van der Waals surface area contributed by atoms with E-state index in [0.29, 0.717) is 43.7 Å². The molecule has 3 amide bonds. The third kappa shape index (κ3) is 5.38. The number of aryl methyl sites for hydroxylation is 1. The van der Waals surface area contributed by atoms with E-state index in [1.165, 1.54) is 0 Å². The quantitative estimate of drug-likeness (QED) is 0.207. The first-order chi connectivity index (χ1) is 22.0. The van der Waals surface area contributed by atoms with Crippen LogP contribution in [0.1, 0.15) is 43.4 Å². The van der Waals surface area contributed by atoms with Crippen molar-refractivity contribution in [3.05, 3.63) is 58.6 Å². The van der Waals surface area contributed by atoms with E-state index in [0.717, 1.165) is 34.3 Å². The molecular weight excluding hydrogens is 613 g/mol. The van der Waals surface area contributed by atoms with Crippen molar-refractivity contribution in [1.82, 2.24) is 25.1 Å². The maximum absolute atomic E-state index is 14.9. The molecule has 0 radical (unpaired) electrons. The molecule has 3 N–H and O–H groups in total. The number of piperidine rings is 2. The van der Waals surface area contributed by atoms with Gasteiger partial charge in [-0.2, -0.15) is 19.5 Å². The van der Waals surface area contributed by atoms with Gasteiger partial charge in [-0.3, -0.25) is 24.4 Å². The summed E-state index contributed by atoms with van der Waals surface area (Å²) in [6, 6.07) is 11.6. The molecular formula is C32H33ClFN9O3. The lowest BCUT2D eigenvalue weighted by molar-refractivity contribution is -0.134. The number of nitrogens with zero attached hydrogens (tertiary/aromatic N) is 6. The number of carbonyl (C=O) groups is 3. The van der Waals surface area contributed by atoms with Gasteiger partial charge in [0.2, 0.25) is 29.6 Å². The smallest absolute Gasteiger partial charge is 0.238 e. The predicted molar refractivity (Wildman–Crippen MR) is 173 cm³/mol. The van der Waals surface area contributed by atoms with Gasteiger partial charge in [0.25, 0.3) is 0 Å². The number of benzene rings is 2. The zero-order valence-electron chi connectivity index (χ0n) is 25.6. The molecule has 3 atom stereocenters. The van der Waals surface area contributed by atoms with Gasteiger partial charge >= 0.3 is 0 Å². The summed E-state index contributed by atoms with van der Waals surface area (Å²) >= 11 is 6.28. The highest BCUT2D eigenvalue weighted by atomic mass is 35.5.